The topological polar surface area (TPSA) is 87.7 Å². The zero-order chi connectivity index (χ0) is 16.8. The van der Waals surface area contributed by atoms with Gasteiger partial charge >= 0.3 is 5.97 Å². The lowest BCUT2D eigenvalue weighted by Crippen LogP contribution is -2.57. The first-order valence-electron chi connectivity index (χ1n) is 7.13. The third-order valence-electron chi connectivity index (χ3n) is 3.48. The van der Waals surface area contributed by atoms with Crippen LogP contribution in [0.4, 0.5) is 5.69 Å². The van der Waals surface area contributed by atoms with Crippen molar-refractivity contribution in [3.8, 4) is 0 Å². The minimum absolute atomic E-state index is 0.00158. The number of benzene rings is 1. The highest BCUT2D eigenvalue weighted by Crippen LogP contribution is 2.15. The Bertz CT molecular complexity index is 608. The Morgan fingerprint density at radius 1 is 1.48 bits per heavy atom. The average molecular weight is 340 g/mol. The number of hydrogen-bond donors (Lipinski definition) is 2. The van der Waals surface area contributed by atoms with Crippen LogP contribution in [0.5, 0.6) is 0 Å². The van der Waals surface area contributed by atoms with Gasteiger partial charge in [0.15, 0.2) is 0 Å². The van der Waals surface area contributed by atoms with Crippen LogP contribution >= 0.6 is 11.6 Å². The number of piperazine rings is 1. The maximum absolute atomic E-state index is 12.2. The fourth-order valence-electron chi connectivity index (χ4n) is 2.37. The lowest BCUT2D eigenvalue weighted by molar-refractivity contribution is -0.146. The molecule has 23 heavy (non-hydrogen) atoms. The Kier molecular flexibility index (Phi) is 5.95. The molecule has 0 aliphatic carbocycles. The molecule has 0 aromatic heterocycles. The summed E-state index contributed by atoms with van der Waals surface area (Å²) in [5.41, 5.74) is 0.577. The van der Waals surface area contributed by atoms with E-state index in [-0.39, 0.29) is 24.8 Å². The number of carbonyl (C=O) groups is 3. The normalized spacial score (nSPS) is 18.2. The number of hydrogen-bond acceptors (Lipinski definition) is 5. The smallest absolute Gasteiger partial charge is 0.307 e. The van der Waals surface area contributed by atoms with E-state index >= 15 is 0 Å². The van der Waals surface area contributed by atoms with Gasteiger partial charge in [-0.1, -0.05) is 17.7 Å². The highest BCUT2D eigenvalue weighted by atomic mass is 35.5. The number of rotatable bonds is 5. The van der Waals surface area contributed by atoms with Crippen molar-refractivity contribution in [1.82, 2.24) is 10.2 Å². The average Bonchev–Trinajstić information content (AvgIpc) is 2.50. The number of halogens is 1. The van der Waals surface area contributed by atoms with Crippen molar-refractivity contribution in [2.75, 3.05) is 32.1 Å². The highest BCUT2D eigenvalue weighted by Gasteiger charge is 2.32. The van der Waals surface area contributed by atoms with E-state index in [1.807, 2.05) is 0 Å². The van der Waals surface area contributed by atoms with Crippen molar-refractivity contribution in [3.05, 3.63) is 29.3 Å². The molecule has 1 heterocycles. The number of nitrogens with one attached hydrogen (secondary N) is 2. The van der Waals surface area contributed by atoms with E-state index < -0.39 is 12.0 Å². The molecule has 1 fully saturated rings. The molecule has 1 aromatic carbocycles. The first kappa shape index (κ1) is 17.2. The molecule has 0 radical (unpaired) electrons. The Balaban J connectivity index is 1.99. The van der Waals surface area contributed by atoms with Crippen molar-refractivity contribution in [1.29, 1.82) is 0 Å². The van der Waals surface area contributed by atoms with Crippen LogP contribution in [0.1, 0.15) is 6.42 Å². The monoisotopic (exact) mass is 339 g/mol. The first-order valence-corrected chi connectivity index (χ1v) is 7.51. The summed E-state index contributed by atoms with van der Waals surface area (Å²) in [5.74, 6) is -1.05. The summed E-state index contributed by atoms with van der Waals surface area (Å²) in [4.78, 5) is 37.2. The van der Waals surface area contributed by atoms with Gasteiger partial charge in [0.1, 0.15) is 6.04 Å². The molecule has 2 rings (SSSR count). The number of amides is 2. The summed E-state index contributed by atoms with van der Waals surface area (Å²) in [6.45, 7) is 0.916. The van der Waals surface area contributed by atoms with Gasteiger partial charge in [0.2, 0.25) is 11.8 Å². The number of ether oxygens (including phenoxy) is 1. The predicted octanol–water partition coefficient (Wildman–Crippen LogP) is 0.642. The van der Waals surface area contributed by atoms with Gasteiger partial charge in [-0.15, -0.1) is 0 Å². The number of nitrogens with zero attached hydrogens (tertiary/aromatic N) is 1. The minimum atomic E-state index is -0.707. The molecule has 124 valence electrons. The predicted molar refractivity (Wildman–Crippen MR) is 85.1 cm³/mol. The van der Waals surface area contributed by atoms with Gasteiger partial charge < -0.3 is 15.4 Å². The van der Waals surface area contributed by atoms with Gasteiger partial charge in [0, 0.05) is 23.8 Å². The molecular weight excluding hydrogens is 322 g/mol. The molecule has 1 aliphatic rings. The van der Waals surface area contributed by atoms with Crippen LogP contribution in [0, 0.1) is 0 Å². The van der Waals surface area contributed by atoms with Crippen LogP contribution in [0.15, 0.2) is 24.3 Å². The zero-order valence-electron chi connectivity index (χ0n) is 12.7. The van der Waals surface area contributed by atoms with E-state index in [1.54, 1.807) is 29.2 Å². The molecule has 8 heteroatoms. The molecule has 2 N–H and O–H groups in total. The highest BCUT2D eigenvalue weighted by molar-refractivity contribution is 6.30. The molecule has 0 bridgehead atoms. The van der Waals surface area contributed by atoms with Gasteiger partial charge in [-0.3, -0.25) is 19.3 Å². The molecule has 1 aromatic rings. The quantitative estimate of drug-likeness (QED) is 0.769. The van der Waals surface area contributed by atoms with Crippen LogP contribution in [0.3, 0.4) is 0 Å². The van der Waals surface area contributed by atoms with E-state index in [4.69, 9.17) is 11.6 Å². The second-order valence-corrected chi connectivity index (χ2v) is 5.55. The van der Waals surface area contributed by atoms with Crippen LogP contribution in [0.25, 0.3) is 0 Å². The Morgan fingerprint density at radius 2 is 2.26 bits per heavy atom. The van der Waals surface area contributed by atoms with Crippen molar-refractivity contribution in [2.45, 2.75) is 12.5 Å². The fraction of sp³-hybridized carbons (Fsp3) is 0.400. The SMILES string of the molecule is COC(=O)C[C@H]1C(=O)NCCN1CC(=O)Nc1cccc(Cl)c1. The molecule has 0 saturated carbocycles. The Labute approximate surface area is 138 Å². The summed E-state index contributed by atoms with van der Waals surface area (Å²) >= 11 is 5.87. The lowest BCUT2D eigenvalue weighted by Gasteiger charge is -2.33. The van der Waals surface area contributed by atoms with E-state index in [2.05, 4.69) is 15.4 Å². The minimum Gasteiger partial charge on any atom is -0.469 e. The van der Waals surface area contributed by atoms with Crippen LogP contribution in [0.2, 0.25) is 5.02 Å². The number of anilines is 1. The third kappa shape index (κ3) is 4.94. The maximum Gasteiger partial charge on any atom is 0.307 e. The number of carbonyl (C=O) groups excluding carboxylic acids is 3. The van der Waals surface area contributed by atoms with Crippen LogP contribution in [-0.4, -0.2) is 55.5 Å². The van der Waals surface area contributed by atoms with E-state index in [9.17, 15) is 14.4 Å². The second kappa shape index (κ2) is 7.94. The van der Waals surface area contributed by atoms with Gasteiger partial charge in [0.05, 0.1) is 20.1 Å². The summed E-state index contributed by atoms with van der Waals surface area (Å²) in [5, 5.41) is 5.92. The second-order valence-electron chi connectivity index (χ2n) is 5.12. The molecule has 1 saturated heterocycles. The number of methoxy groups -OCH3 is 1. The van der Waals surface area contributed by atoms with Crippen LogP contribution in [-0.2, 0) is 19.1 Å². The largest absolute Gasteiger partial charge is 0.469 e. The van der Waals surface area contributed by atoms with Crippen molar-refractivity contribution in [2.24, 2.45) is 0 Å². The summed E-state index contributed by atoms with van der Waals surface area (Å²) in [7, 11) is 1.26. The van der Waals surface area contributed by atoms with E-state index in [0.717, 1.165) is 0 Å². The molecule has 1 aliphatic heterocycles. The maximum atomic E-state index is 12.2. The summed E-state index contributed by atoms with van der Waals surface area (Å²) < 4.78 is 4.60. The zero-order valence-corrected chi connectivity index (χ0v) is 13.4. The molecule has 0 spiro atoms. The number of esters is 1. The Morgan fingerprint density at radius 3 is 2.96 bits per heavy atom. The summed E-state index contributed by atoms with van der Waals surface area (Å²) in [6.07, 6.45) is -0.0905. The molecule has 7 nitrogen and oxygen atoms in total. The lowest BCUT2D eigenvalue weighted by atomic mass is 10.1. The molecule has 2 amide bonds. The molecule has 1 atom stereocenters. The third-order valence-corrected chi connectivity index (χ3v) is 3.72. The van der Waals surface area contributed by atoms with E-state index in [1.165, 1.54) is 7.11 Å². The summed E-state index contributed by atoms with van der Waals surface area (Å²) in [6, 6.07) is 6.08. The van der Waals surface area contributed by atoms with Crippen molar-refractivity contribution >= 4 is 35.1 Å². The fourth-order valence-corrected chi connectivity index (χ4v) is 2.56. The van der Waals surface area contributed by atoms with Gasteiger partial charge in [0.25, 0.3) is 0 Å². The van der Waals surface area contributed by atoms with Crippen molar-refractivity contribution < 1.29 is 19.1 Å². The van der Waals surface area contributed by atoms with E-state index in [0.29, 0.717) is 23.8 Å². The van der Waals surface area contributed by atoms with Gasteiger partial charge in [-0.2, -0.15) is 0 Å². The van der Waals surface area contributed by atoms with Crippen LogP contribution < -0.4 is 10.6 Å². The molecular formula is C15H18ClN3O4. The van der Waals surface area contributed by atoms with Crippen molar-refractivity contribution in [3.63, 3.8) is 0 Å². The Hall–Kier alpha value is -2.12. The van der Waals surface area contributed by atoms with Gasteiger partial charge in [-0.25, -0.2) is 0 Å². The standard InChI is InChI=1S/C15H18ClN3O4/c1-23-14(21)8-12-15(22)17-5-6-19(12)9-13(20)18-11-4-2-3-10(16)7-11/h2-4,7,12H,5-6,8-9H2,1H3,(H,17,22)(H,18,20)/t12-/m0/s1. The first-order chi connectivity index (χ1) is 11.0. The van der Waals surface area contributed by atoms with Gasteiger partial charge in [-0.05, 0) is 18.2 Å². The molecule has 0 unspecified atom stereocenters.